The van der Waals surface area contributed by atoms with Gasteiger partial charge < -0.3 is 19.0 Å². The predicted octanol–water partition coefficient (Wildman–Crippen LogP) is 1.45. The summed E-state index contributed by atoms with van der Waals surface area (Å²) >= 11 is 0. The number of piperazine rings is 1. The van der Waals surface area contributed by atoms with Crippen LogP contribution in [0.25, 0.3) is 0 Å². The fourth-order valence-corrected chi connectivity index (χ4v) is 3.98. The zero-order valence-corrected chi connectivity index (χ0v) is 17.1. The van der Waals surface area contributed by atoms with Crippen LogP contribution in [0.1, 0.15) is 51.4 Å². The van der Waals surface area contributed by atoms with Crippen LogP contribution in [0, 0.1) is 0 Å². The molecule has 0 aromatic carbocycles. The van der Waals surface area contributed by atoms with E-state index in [1.807, 2.05) is 20.8 Å². The summed E-state index contributed by atoms with van der Waals surface area (Å²) < 4.78 is 11.3. The van der Waals surface area contributed by atoms with Crippen LogP contribution < -0.4 is 0 Å². The molecule has 0 spiro atoms. The van der Waals surface area contributed by atoms with E-state index in [1.165, 1.54) is 0 Å². The second-order valence-electron chi connectivity index (χ2n) is 8.80. The largest absolute Gasteiger partial charge is 0.444 e. The molecule has 0 aliphatic carbocycles. The minimum Gasteiger partial charge on any atom is -0.444 e. The molecule has 11 heteroatoms. The lowest BCUT2D eigenvalue weighted by molar-refractivity contribution is -0.0584. The van der Waals surface area contributed by atoms with E-state index in [2.05, 4.69) is 15.1 Å². The van der Waals surface area contributed by atoms with Gasteiger partial charge in [-0.25, -0.2) is 14.7 Å². The molecule has 0 saturated carbocycles. The molecular weight excluding hydrogens is 380 g/mol. The van der Waals surface area contributed by atoms with Crippen molar-refractivity contribution < 1.29 is 24.0 Å². The van der Waals surface area contributed by atoms with Gasteiger partial charge in [0.15, 0.2) is 0 Å². The molecule has 4 rings (SSSR count). The number of amides is 3. The third-order valence-electron chi connectivity index (χ3n) is 5.49. The van der Waals surface area contributed by atoms with Crippen LogP contribution in [0.3, 0.4) is 0 Å². The first-order valence-corrected chi connectivity index (χ1v) is 10.0. The Morgan fingerprint density at radius 1 is 1.21 bits per heavy atom. The van der Waals surface area contributed by atoms with Crippen molar-refractivity contribution in [1.29, 1.82) is 0 Å². The first-order valence-electron chi connectivity index (χ1n) is 10.0. The number of nitrogens with zero attached hydrogens (tertiary/aromatic N) is 6. The molecule has 0 radical (unpaired) electrons. The topological polar surface area (TPSA) is 115 Å². The van der Waals surface area contributed by atoms with E-state index < -0.39 is 11.6 Å². The number of ether oxygens (including phenoxy) is 1. The third-order valence-corrected chi connectivity index (χ3v) is 5.49. The van der Waals surface area contributed by atoms with Crippen molar-refractivity contribution in [3.05, 3.63) is 11.8 Å². The highest BCUT2D eigenvalue weighted by atomic mass is 16.6. The summed E-state index contributed by atoms with van der Waals surface area (Å²) in [4.78, 5) is 29.7. The van der Waals surface area contributed by atoms with Gasteiger partial charge in [0, 0.05) is 32.7 Å². The summed E-state index contributed by atoms with van der Waals surface area (Å²) in [5.41, 5.74) is -0.503. The second kappa shape index (κ2) is 7.45. The third kappa shape index (κ3) is 4.15. The molecule has 3 amide bonds. The zero-order valence-electron chi connectivity index (χ0n) is 17.1. The Hall–Kier alpha value is -2.40. The Morgan fingerprint density at radius 3 is 2.62 bits per heavy atom. The van der Waals surface area contributed by atoms with Crippen molar-refractivity contribution in [3.8, 4) is 0 Å². The summed E-state index contributed by atoms with van der Waals surface area (Å²) in [7, 11) is 0. The molecule has 4 heterocycles. The van der Waals surface area contributed by atoms with Crippen molar-refractivity contribution in [2.45, 2.75) is 57.8 Å². The number of hydrogen-bond acceptors (Lipinski definition) is 8. The summed E-state index contributed by atoms with van der Waals surface area (Å²) in [5, 5.41) is 18.9. The van der Waals surface area contributed by atoms with E-state index in [1.54, 1.807) is 9.80 Å². The molecule has 1 N–H and O–H groups in total. The number of rotatable bonds is 3. The molecule has 0 unspecified atom stereocenters. The highest BCUT2D eigenvalue weighted by Crippen LogP contribution is 2.36. The predicted molar refractivity (Wildman–Crippen MR) is 98.9 cm³/mol. The molecule has 1 aromatic heterocycles. The molecule has 11 nitrogen and oxygen atoms in total. The number of carbonyl (C=O) groups excluding carboxylic acids is 2. The van der Waals surface area contributed by atoms with Crippen molar-refractivity contribution in [2.24, 2.45) is 0 Å². The Morgan fingerprint density at radius 2 is 1.93 bits per heavy atom. The molecule has 3 aliphatic rings. The van der Waals surface area contributed by atoms with Gasteiger partial charge in [-0.05, 0) is 33.6 Å². The Balaban J connectivity index is 1.30. The fourth-order valence-electron chi connectivity index (χ4n) is 3.98. The first kappa shape index (κ1) is 19.9. The van der Waals surface area contributed by atoms with Gasteiger partial charge >= 0.3 is 12.1 Å². The van der Waals surface area contributed by atoms with E-state index in [0.29, 0.717) is 63.9 Å². The summed E-state index contributed by atoms with van der Waals surface area (Å²) in [6, 6.07) is -0.848. The quantitative estimate of drug-likeness (QED) is 0.747. The molecule has 3 saturated heterocycles. The van der Waals surface area contributed by atoms with Crippen LogP contribution in [-0.2, 0) is 11.3 Å². The van der Waals surface area contributed by atoms with E-state index in [-0.39, 0.29) is 18.2 Å². The molecule has 160 valence electrons. The zero-order chi connectivity index (χ0) is 20.8. The highest BCUT2D eigenvalue weighted by Gasteiger charge is 2.46. The number of hydroxylamine groups is 2. The van der Waals surface area contributed by atoms with Gasteiger partial charge in [-0.15, -0.1) is 10.2 Å². The molecular formula is C18H28N6O5. The van der Waals surface area contributed by atoms with Crippen LogP contribution in [0.15, 0.2) is 4.42 Å². The van der Waals surface area contributed by atoms with Crippen molar-refractivity contribution in [2.75, 3.05) is 32.7 Å². The van der Waals surface area contributed by atoms with Crippen LogP contribution in [-0.4, -0.2) is 91.7 Å². The average molecular weight is 408 g/mol. The van der Waals surface area contributed by atoms with Crippen molar-refractivity contribution >= 4 is 12.1 Å². The van der Waals surface area contributed by atoms with Gasteiger partial charge in [0.1, 0.15) is 11.6 Å². The molecule has 3 fully saturated rings. The maximum atomic E-state index is 12.2. The average Bonchev–Trinajstić information content (AvgIpc) is 3.21. The molecule has 2 atom stereocenters. The smallest absolute Gasteiger partial charge is 0.410 e. The minimum atomic E-state index is -0.503. The van der Waals surface area contributed by atoms with E-state index in [0.717, 1.165) is 5.06 Å². The summed E-state index contributed by atoms with van der Waals surface area (Å²) in [5.74, 6) is 0.898. The number of piperidine rings is 1. The lowest BCUT2D eigenvalue weighted by Gasteiger charge is -2.34. The number of hydrogen-bond donors (Lipinski definition) is 1. The van der Waals surface area contributed by atoms with Gasteiger partial charge in [0.2, 0.25) is 11.8 Å². The lowest BCUT2D eigenvalue weighted by Crippen LogP contribution is -2.49. The molecule has 29 heavy (non-hydrogen) atoms. The number of fused-ring (bicyclic) bond motifs is 2. The number of aromatic nitrogens is 2. The fraction of sp³-hybridized carbons (Fsp3) is 0.778. The number of urea groups is 1. The van der Waals surface area contributed by atoms with Crippen LogP contribution in [0.4, 0.5) is 9.59 Å². The normalized spacial score (nSPS) is 25.7. The monoisotopic (exact) mass is 408 g/mol. The van der Waals surface area contributed by atoms with Crippen LogP contribution in [0.2, 0.25) is 0 Å². The van der Waals surface area contributed by atoms with Gasteiger partial charge in [0.25, 0.3) is 0 Å². The molecule has 1 aromatic rings. The Labute approximate surface area is 169 Å². The standard InChI is InChI=1S/C18H28N6O5/c1-18(2,3)29-17(26)22-8-6-21(7-9-22)11-14-19-20-15(28-14)13-5-4-12-10-23(13)16(25)24(12)27/h12-13,27H,4-11H2,1-3H3/t12-,13+/m1/s1. The minimum absolute atomic E-state index is 0.151. The van der Waals surface area contributed by atoms with Crippen LogP contribution in [0.5, 0.6) is 0 Å². The first-order chi connectivity index (χ1) is 13.7. The van der Waals surface area contributed by atoms with Gasteiger partial charge in [-0.1, -0.05) is 0 Å². The lowest BCUT2D eigenvalue weighted by atomic mass is 10.0. The van der Waals surface area contributed by atoms with Gasteiger partial charge in [-0.3, -0.25) is 10.1 Å². The maximum absolute atomic E-state index is 12.2. The summed E-state index contributed by atoms with van der Waals surface area (Å²) in [6.07, 6.45) is 1.10. The van der Waals surface area contributed by atoms with E-state index >= 15 is 0 Å². The van der Waals surface area contributed by atoms with Crippen LogP contribution >= 0.6 is 0 Å². The van der Waals surface area contributed by atoms with E-state index in [4.69, 9.17) is 9.15 Å². The van der Waals surface area contributed by atoms with Gasteiger partial charge in [-0.2, -0.15) is 0 Å². The molecule has 2 bridgehead atoms. The summed E-state index contributed by atoms with van der Waals surface area (Å²) in [6.45, 7) is 9.06. The Bertz CT molecular complexity index is 769. The van der Waals surface area contributed by atoms with Crippen molar-refractivity contribution in [1.82, 2.24) is 30.0 Å². The SMILES string of the molecule is CC(C)(C)OC(=O)N1CCN(Cc2nnc([C@@H]3CC[C@@H]4CN3C(=O)N4O)o2)CC1. The second-order valence-corrected chi connectivity index (χ2v) is 8.80. The molecule has 3 aliphatic heterocycles. The van der Waals surface area contributed by atoms with E-state index in [9.17, 15) is 14.8 Å². The number of carbonyl (C=O) groups is 2. The Kier molecular flexibility index (Phi) is 5.11. The highest BCUT2D eigenvalue weighted by molar-refractivity contribution is 5.76. The maximum Gasteiger partial charge on any atom is 0.410 e. The van der Waals surface area contributed by atoms with Crippen molar-refractivity contribution in [3.63, 3.8) is 0 Å². The van der Waals surface area contributed by atoms with Gasteiger partial charge in [0.05, 0.1) is 12.6 Å².